The van der Waals surface area contributed by atoms with Crippen molar-refractivity contribution < 1.29 is 17.9 Å². The summed E-state index contributed by atoms with van der Waals surface area (Å²) >= 11 is 0. The number of ether oxygens (including phenoxy) is 1. The monoisotopic (exact) mass is 325 g/mol. The zero-order valence-corrected chi connectivity index (χ0v) is 14.0. The van der Waals surface area contributed by atoms with E-state index in [1.165, 1.54) is 12.5 Å². The van der Waals surface area contributed by atoms with Gasteiger partial charge < -0.3 is 9.64 Å². The molecular weight excluding hydrogens is 302 g/mol. The van der Waals surface area contributed by atoms with Gasteiger partial charge in [0.1, 0.15) is 0 Å². The normalized spacial score (nSPS) is 15.6. The van der Waals surface area contributed by atoms with Crippen LogP contribution in [0, 0.1) is 0 Å². The zero-order chi connectivity index (χ0) is 16.2. The lowest BCUT2D eigenvalue weighted by atomic mass is 10.1. The minimum Gasteiger partial charge on any atom is -0.462 e. The molecule has 0 saturated carbocycles. The van der Waals surface area contributed by atoms with Gasteiger partial charge >= 0.3 is 5.97 Å². The molecule has 2 rings (SSSR count). The third-order valence-electron chi connectivity index (χ3n) is 3.90. The van der Waals surface area contributed by atoms with Gasteiger partial charge in [0.2, 0.25) is 0 Å². The van der Waals surface area contributed by atoms with E-state index in [-0.39, 0.29) is 17.3 Å². The Hall–Kier alpha value is -1.56. The molecule has 5 nitrogen and oxygen atoms in total. The van der Waals surface area contributed by atoms with Gasteiger partial charge in [0.15, 0.2) is 9.84 Å². The molecule has 0 radical (unpaired) electrons. The van der Waals surface area contributed by atoms with Crippen LogP contribution in [0.1, 0.15) is 43.5 Å². The molecule has 22 heavy (non-hydrogen) atoms. The molecule has 1 aromatic carbocycles. The minimum absolute atomic E-state index is 0.0122. The molecule has 1 fully saturated rings. The van der Waals surface area contributed by atoms with Crippen LogP contribution in [-0.4, -0.2) is 39.8 Å². The van der Waals surface area contributed by atoms with E-state index < -0.39 is 15.8 Å². The van der Waals surface area contributed by atoms with Gasteiger partial charge in [0.05, 0.1) is 28.5 Å². The molecule has 0 unspecified atom stereocenters. The number of hydrogen-bond acceptors (Lipinski definition) is 5. The average Bonchev–Trinajstić information content (AvgIpc) is 2.55. The molecule has 122 valence electrons. The van der Waals surface area contributed by atoms with E-state index in [4.69, 9.17) is 4.74 Å². The number of carbonyl (C=O) groups is 1. The van der Waals surface area contributed by atoms with Crippen molar-refractivity contribution in [3.05, 3.63) is 23.8 Å². The number of carbonyl (C=O) groups excluding carboxylic acids is 1. The van der Waals surface area contributed by atoms with Crippen molar-refractivity contribution in [2.75, 3.05) is 30.3 Å². The first kappa shape index (κ1) is 16.8. The predicted octanol–water partition coefficient (Wildman–Crippen LogP) is 2.65. The average molecular weight is 325 g/mol. The Morgan fingerprint density at radius 1 is 1.18 bits per heavy atom. The highest BCUT2D eigenvalue weighted by atomic mass is 32.2. The molecule has 0 amide bonds. The third kappa shape index (κ3) is 3.61. The number of benzene rings is 1. The fourth-order valence-electron chi connectivity index (χ4n) is 2.66. The number of sulfone groups is 1. The second-order valence-electron chi connectivity index (χ2n) is 5.35. The lowest BCUT2D eigenvalue weighted by Crippen LogP contribution is -2.31. The lowest BCUT2D eigenvalue weighted by Gasteiger charge is -2.30. The fourth-order valence-corrected chi connectivity index (χ4v) is 3.56. The smallest absolute Gasteiger partial charge is 0.340 e. The Morgan fingerprint density at radius 3 is 2.45 bits per heavy atom. The highest BCUT2D eigenvalue weighted by molar-refractivity contribution is 7.91. The second kappa shape index (κ2) is 7.13. The van der Waals surface area contributed by atoms with Crippen LogP contribution >= 0.6 is 0 Å². The Kier molecular flexibility index (Phi) is 5.45. The topological polar surface area (TPSA) is 63.7 Å². The first-order valence-corrected chi connectivity index (χ1v) is 9.43. The second-order valence-corrected chi connectivity index (χ2v) is 7.63. The number of nitrogens with zero attached hydrogens (tertiary/aromatic N) is 1. The summed E-state index contributed by atoms with van der Waals surface area (Å²) in [6.07, 6.45) is 3.35. The minimum atomic E-state index is -3.34. The van der Waals surface area contributed by atoms with E-state index in [2.05, 4.69) is 4.90 Å². The van der Waals surface area contributed by atoms with Gasteiger partial charge in [0.25, 0.3) is 0 Å². The summed E-state index contributed by atoms with van der Waals surface area (Å²) in [7, 11) is -3.34. The summed E-state index contributed by atoms with van der Waals surface area (Å²) < 4.78 is 29.2. The van der Waals surface area contributed by atoms with Gasteiger partial charge in [-0.3, -0.25) is 0 Å². The summed E-state index contributed by atoms with van der Waals surface area (Å²) in [4.78, 5) is 14.5. The van der Waals surface area contributed by atoms with E-state index in [9.17, 15) is 13.2 Å². The highest BCUT2D eigenvalue weighted by Crippen LogP contribution is 2.28. The first-order chi connectivity index (χ1) is 10.5. The SMILES string of the molecule is CCOC(=O)c1cc(S(=O)(=O)CC)ccc1N1CCCCC1. The van der Waals surface area contributed by atoms with Gasteiger partial charge in [-0.25, -0.2) is 13.2 Å². The van der Waals surface area contributed by atoms with E-state index >= 15 is 0 Å². The van der Waals surface area contributed by atoms with Crippen LogP contribution in [0.3, 0.4) is 0 Å². The summed E-state index contributed by atoms with van der Waals surface area (Å²) in [6, 6.07) is 4.78. The maximum absolute atomic E-state index is 12.2. The molecule has 1 saturated heterocycles. The standard InChI is InChI=1S/C16H23NO4S/c1-3-21-16(18)14-12-13(22(19,20)4-2)8-9-15(14)17-10-6-5-7-11-17/h8-9,12H,3-7,10-11H2,1-2H3. The molecule has 0 atom stereocenters. The molecule has 0 spiro atoms. The summed E-state index contributed by atoms with van der Waals surface area (Å²) in [5, 5.41) is 0. The van der Waals surface area contributed by atoms with Crippen molar-refractivity contribution in [1.82, 2.24) is 0 Å². The molecular formula is C16H23NO4S. The largest absolute Gasteiger partial charge is 0.462 e. The molecule has 1 aromatic rings. The molecule has 0 aliphatic carbocycles. The molecule has 1 aliphatic rings. The molecule has 0 bridgehead atoms. The van der Waals surface area contributed by atoms with Crippen LogP contribution in [0.4, 0.5) is 5.69 Å². The van der Waals surface area contributed by atoms with E-state index in [0.717, 1.165) is 31.6 Å². The van der Waals surface area contributed by atoms with Gasteiger partial charge in [-0.2, -0.15) is 0 Å². The maximum Gasteiger partial charge on any atom is 0.340 e. The molecule has 1 aliphatic heterocycles. The van der Waals surface area contributed by atoms with Crippen LogP contribution in [0.5, 0.6) is 0 Å². The van der Waals surface area contributed by atoms with Crippen molar-refractivity contribution >= 4 is 21.5 Å². The maximum atomic E-state index is 12.2. The number of esters is 1. The number of rotatable bonds is 5. The van der Waals surface area contributed by atoms with E-state index in [0.29, 0.717) is 5.56 Å². The number of anilines is 1. The van der Waals surface area contributed by atoms with Crippen LogP contribution in [0.15, 0.2) is 23.1 Å². The van der Waals surface area contributed by atoms with Crippen LogP contribution < -0.4 is 4.90 Å². The lowest BCUT2D eigenvalue weighted by molar-refractivity contribution is 0.0526. The summed E-state index contributed by atoms with van der Waals surface area (Å²) in [5.74, 6) is -0.450. The van der Waals surface area contributed by atoms with Crippen molar-refractivity contribution in [1.29, 1.82) is 0 Å². The van der Waals surface area contributed by atoms with Crippen LogP contribution in [0.25, 0.3) is 0 Å². The third-order valence-corrected chi connectivity index (χ3v) is 5.63. The van der Waals surface area contributed by atoms with Crippen molar-refractivity contribution in [2.45, 2.75) is 38.0 Å². The predicted molar refractivity (Wildman–Crippen MR) is 86.2 cm³/mol. The number of piperidine rings is 1. The molecule has 0 aromatic heterocycles. The molecule has 1 heterocycles. The Bertz CT molecular complexity index is 634. The van der Waals surface area contributed by atoms with Crippen LogP contribution in [-0.2, 0) is 14.6 Å². The van der Waals surface area contributed by atoms with E-state index in [1.807, 2.05) is 0 Å². The summed E-state index contributed by atoms with van der Waals surface area (Å²) in [5.41, 5.74) is 1.12. The Balaban J connectivity index is 2.46. The quantitative estimate of drug-likeness (QED) is 0.779. The van der Waals surface area contributed by atoms with Crippen LogP contribution in [0.2, 0.25) is 0 Å². The Labute approximate surface area is 132 Å². The highest BCUT2D eigenvalue weighted by Gasteiger charge is 2.22. The number of hydrogen-bond donors (Lipinski definition) is 0. The Morgan fingerprint density at radius 2 is 1.86 bits per heavy atom. The first-order valence-electron chi connectivity index (χ1n) is 7.78. The van der Waals surface area contributed by atoms with Gasteiger partial charge in [-0.15, -0.1) is 0 Å². The van der Waals surface area contributed by atoms with Crippen molar-refractivity contribution in [3.63, 3.8) is 0 Å². The van der Waals surface area contributed by atoms with Gasteiger partial charge in [-0.1, -0.05) is 6.92 Å². The van der Waals surface area contributed by atoms with Crippen molar-refractivity contribution in [3.8, 4) is 0 Å². The molecule has 0 N–H and O–H groups in total. The van der Waals surface area contributed by atoms with Gasteiger partial charge in [-0.05, 0) is 44.4 Å². The zero-order valence-electron chi connectivity index (χ0n) is 13.2. The van der Waals surface area contributed by atoms with Gasteiger partial charge in [0, 0.05) is 13.1 Å². The summed E-state index contributed by atoms with van der Waals surface area (Å²) in [6.45, 7) is 5.37. The van der Waals surface area contributed by atoms with E-state index in [1.54, 1.807) is 26.0 Å². The van der Waals surface area contributed by atoms with Crippen molar-refractivity contribution in [2.24, 2.45) is 0 Å². The fraction of sp³-hybridized carbons (Fsp3) is 0.562. The molecule has 6 heteroatoms.